The Balaban J connectivity index is 1.70. The summed E-state index contributed by atoms with van der Waals surface area (Å²) in [7, 11) is 0. The van der Waals surface area contributed by atoms with Crippen LogP contribution in [-0.4, -0.2) is 11.1 Å². The molecule has 0 spiro atoms. The van der Waals surface area contributed by atoms with Gasteiger partial charge in [0.25, 0.3) is 0 Å². The van der Waals surface area contributed by atoms with Crippen molar-refractivity contribution in [2.45, 2.75) is 27.4 Å². The summed E-state index contributed by atoms with van der Waals surface area (Å²) in [4.78, 5) is 12.5. The van der Waals surface area contributed by atoms with Crippen molar-refractivity contribution in [3.8, 4) is 0 Å². The first-order valence-corrected chi connectivity index (χ1v) is 8.06. The van der Waals surface area contributed by atoms with E-state index in [9.17, 15) is 4.79 Å². The van der Waals surface area contributed by atoms with Crippen LogP contribution < -0.4 is 0 Å². The van der Waals surface area contributed by atoms with Gasteiger partial charge in [-0.3, -0.25) is 0 Å². The molecule has 0 aliphatic heterocycles. The fraction of sp³-hybridized carbons (Fsp3) is 0.200. The van der Waals surface area contributed by atoms with E-state index < -0.39 is 5.97 Å². The molecule has 0 saturated carbocycles. The van der Waals surface area contributed by atoms with Crippen LogP contribution in [0.15, 0.2) is 45.3 Å². The molecule has 126 valence electrons. The third-order valence-corrected chi connectivity index (χ3v) is 4.54. The highest BCUT2D eigenvalue weighted by Crippen LogP contribution is 2.32. The van der Waals surface area contributed by atoms with Crippen molar-refractivity contribution in [1.29, 1.82) is 0 Å². The van der Waals surface area contributed by atoms with Gasteiger partial charge in [0.2, 0.25) is 5.76 Å². The maximum Gasteiger partial charge on any atom is 0.374 e. The topological polar surface area (TPSA) is 65.5 Å². The summed E-state index contributed by atoms with van der Waals surface area (Å²) in [6.07, 6.45) is 0. The monoisotopic (exact) mass is 335 g/mol. The number of rotatable bonds is 3. The number of ether oxygens (including phenoxy) is 1. The second-order valence-corrected chi connectivity index (χ2v) is 6.10. The highest BCUT2D eigenvalue weighted by atomic mass is 16.5. The Morgan fingerprint density at radius 2 is 1.88 bits per heavy atom. The number of hydrogen-bond donors (Lipinski definition) is 0. The van der Waals surface area contributed by atoms with Crippen LogP contribution >= 0.6 is 0 Å². The lowest BCUT2D eigenvalue weighted by Crippen LogP contribution is -2.06. The van der Waals surface area contributed by atoms with E-state index in [1.807, 2.05) is 50.2 Å². The van der Waals surface area contributed by atoms with Crippen LogP contribution in [0, 0.1) is 20.8 Å². The van der Waals surface area contributed by atoms with E-state index in [0.717, 1.165) is 33.0 Å². The predicted molar refractivity (Wildman–Crippen MR) is 93.6 cm³/mol. The number of hydrogen-bond acceptors (Lipinski definition) is 5. The van der Waals surface area contributed by atoms with Gasteiger partial charge in [0, 0.05) is 16.3 Å². The average Bonchev–Trinajstić information content (AvgIpc) is 3.13. The van der Waals surface area contributed by atoms with Crippen molar-refractivity contribution in [2.24, 2.45) is 0 Å². The Morgan fingerprint density at radius 3 is 2.64 bits per heavy atom. The Morgan fingerprint density at radius 1 is 1.08 bits per heavy atom. The molecule has 0 atom stereocenters. The number of furan rings is 1. The van der Waals surface area contributed by atoms with Crippen LogP contribution in [0.5, 0.6) is 0 Å². The lowest BCUT2D eigenvalue weighted by Gasteiger charge is -2.03. The molecule has 4 rings (SSSR count). The SMILES string of the molecule is Cc1noc(C)c1COC(=O)c1oc2c(ccc3ccccc32)c1C. The summed E-state index contributed by atoms with van der Waals surface area (Å²) >= 11 is 0. The van der Waals surface area contributed by atoms with E-state index >= 15 is 0 Å². The highest BCUT2D eigenvalue weighted by molar-refractivity contribution is 6.08. The molecule has 0 radical (unpaired) electrons. The van der Waals surface area contributed by atoms with Gasteiger partial charge < -0.3 is 13.7 Å². The summed E-state index contributed by atoms with van der Waals surface area (Å²) in [5.41, 5.74) is 2.99. The smallest absolute Gasteiger partial charge is 0.374 e. The first-order chi connectivity index (χ1) is 12.1. The molecule has 0 fully saturated rings. The van der Waals surface area contributed by atoms with Gasteiger partial charge in [0.15, 0.2) is 0 Å². The third kappa shape index (κ3) is 2.48. The molecule has 0 amide bonds. The Kier molecular flexibility index (Phi) is 3.57. The number of fused-ring (bicyclic) bond motifs is 3. The number of benzene rings is 2. The molecule has 5 heteroatoms. The third-order valence-electron chi connectivity index (χ3n) is 4.54. The maximum atomic E-state index is 12.5. The van der Waals surface area contributed by atoms with Crippen molar-refractivity contribution >= 4 is 27.7 Å². The molecular formula is C20H17NO4. The molecular weight excluding hydrogens is 318 g/mol. The van der Waals surface area contributed by atoms with Crippen molar-refractivity contribution in [2.75, 3.05) is 0 Å². The summed E-state index contributed by atoms with van der Waals surface area (Å²) in [6, 6.07) is 11.9. The number of carbonyl (C=O) groups is 1. The minimum absolute atomic E-state index is 0.108. The van der Waals surface area contributed by atoms with Crippen LogP contribution in [0.1, 0.15) is 33.1 Å². The van der Waals surface area contributed by atoms with Gasteiger partial charge in [-0.2, -0.15) is 0 Å². The fourth-order valence-electron chi connectivity index (χ4n) is 3.06. The Labute approximate surface area is 144 Å². The second kappa shape index (κ2) is 5.77. The molecule has 25 heavy (non-hydrogen) atoms. The van der Waals surface area contributed by atoms with Crippen molar-refractivity contribution < 1.29 is 18.5 Å². The predicted octanol–water partition coefficient (Wildman–Crippen LogP) is 4.86. The standard InChI is InChI=1S/C20H17NO4/c1-11-15-9-8-14-6-4-5-7-16(14)19(15)24-18(11)20(22)23-10-17-12(2)21-25-13(17)3/h4-9H,10H2,1-3H3. The highest BCUT2D eigenvalue weighted by Gasteiger charge is 2.21. The zero-order chi connectivity index (χ0) is 17.6. The average molecular weight is 335 g/mol. The van der Waals surface area contributed by atoms with Crippen molar-refractivity contribution in [1.82, 2.24) is 5.16 Å². The quantitative estimate of drug-likeness (QED) is 0.500. The van der Waals surface area contributed by atoms with E-state index in [1.54, 1.807) is 6.92 Å². The van der Waals surface area contributed by atoms with Gasteiger partial charge in [-0.1, -0.05) is 41.6 Å². The van der Waals surface area contributed by atoms with Crippen LogP contribution in [0.4, 0.5) is 0 Å². The fourth-order valence-corrected chi connectivity index (χ4v) is 3.06. The lowest BCUT2D eigenvalue weighted by molar-refractivity contribution is 0.0436. The summed E-state index contributed by atoms with van der Waals surface area (Å²) in [6.45, 7) is 5.59. The molecule has 4 aromatic rings. The van der Waals surface area contributed by atoms with Crippen molar-refractivity contribution in [3.05, 3.63) is 64.7 Å². The molecule has 2 aromatic carbocycles. The minimum Gasteiger partial charge on any atom is -0.455 e. The zero-order valence-corrected chi connectivity index (χ0v) is 14.3. The van der Waals surface area contributed by atoms with Gasteiger partial charge in [0.05, 0.1) is 11.3 Å². The van der Waals surface area contributed by atoms with Gasteiger partial charge in [-0.15, -0.1) is 0 Å². The van der Waals surface area contributed by atoms with Gasteiger partial charge >= 0.3 is 5.97 Å². The largest absolute Gasteiger partial charge is 0.455 e. The van der Waals surface area contributed by atoms with E-state index in [1.165, 1.54) is 0 Å². The van der Waals surface area contributed by atoms with Crippen LogP contribution in [0.2, 0.25) is 0 Å². The van der Waals surface area contributed by atoms with Crippen LogP contribution in [0.25, 0.3) is 21.7 Å². The molecule has 0 saturated heterocycles. The van der Waals surface area contributed by atoms with E-state index in [-0.39, 0.29) is 12.4 Å². The van der Waals surface area contributed by atoms with Gasteiger partial charge in [0.1, 0.15) is 18.0 Å². The van der Waals surface area contributed by atoms with Gasteiger partial charge in [-0.05, 0) is 26.2 Å². The molecule has 0 aliphatic carbocycles. The van der Waals surface area contributed by atoms with E-state index in [2.05, 4.69) is 5.16 Å². The molecule has 0 unspecified atom stereocenters. The second-order valence-electron chi connectivity index (χ2n) is 6.10. The zero-order valence-electron chi connectivity index (χ0n) is 14.3. The molecule has 2 heterocycles. The molecule has 0 aliphatic rings. The molecule has 0 bridgehead atoms. The number of aryl methyl sites for hydroxylation is 3. The first kappa shape index (κ1) is 15.4. The first-order valence-electron chi connectivity index (χ1n) is 8.06. The summed E-state index contributed by atoms with van der Waals surface area (Å²) in [5, 5.41) is 6.83. The summed E-state index contributed by atoms with van der Waals surface area (Å²) < 4.78 is 16.4. The van der Waals surface area contributed by atoms with Crippen LogP contribution in [-0.2, 0) is 11.3 Å². The van der Waals surface area contributed by atoms with E-state index in [0.29, 0.717) is 11.3 Å². The summed E-state index contributed by atoms with van der Waals surface area (Å²) in [5.74, 6) is 0.397. The normalized spacial score (nSPS) is 11.3. The lowest BCUT2D eigenvalue weighted by atomic mass is 10.1. The molecule has 0 N–H and O–H groups in total. The Bertz CT molecular complexity index is 1080. The number of nitrogens with zero attached hydrogens (tertiary/aromatic N) is 1. The van der Waals surface area contributed by atoms with E-state index in [4.69, 9.17) is 13.7 Å². The number of esters is 1. The minimum atomic E-state index is -0.488. The maximum absolute atomic E-state index is 12.5. The van der Waals surface area contributed by atoms with Crippen molar-refractivity contribution in [3.63, 3.8) is 0 Å². The molecule has 5 nitrogen and oxygen atoms in total. The number of carbonyl (C=O) groups excluding carboxylic acids is 1. The van der Waals surface area contributed by atoms with Crippen LogP contribution in [0.3, 0.4) is 0 Å². The van der Waals surface area contributed by atoms with Gasteiger partial charge in [-0.25, -0.2) is 4.79 Å². The molecule has 2 aromatic heterocycles. The Hall–Kier alpha value is -3.08. The number of aromatic nitrogens is 1.